The summed E-state index contributed by atoms with van der Waals surface area (Å²) < 4.78 is 16.2. The van der Waals surface area contributed by atoms with Crippen LogP contribution in [0.3, 0.4) is 0 Å². The normalized spacial score (nSPS) is 11.5. The van der Waals surface area contributed by atoms with Gasteiger partial charge in [0.1, 0.15) is 17.6 Å². The zero-order valence-electron chi connectivity index (χ0n) is 14.7. The van der Waals surface area contributed by atoms with Crippen molar-refractivity contribution in [3.63, 3.8) is 0 Å². The van der Waals surface area contributed by atoms with E-state index < -0.39 is 5.97 Å². The van der Waals surface area contributed by atoms with Crippen LogP contribution in [-0.4, -0.2) is 25.0 Å². The van der Waals surface area contributed by atoms with Gasteiger partial charge >= 0.3 is 5.97 Å². The quantitative estimate of drug-likeness (QED) is 0.536. The summed E-state index contributed by atoms with van der Waals surface area (Å²) >= 11 is 0. The second kappa shape index (κ2) is 8.87. The van der Waals surface area contributed by atoms with Gasteiger partial charge in [0.25, 0.3) is 0 Å². The minimum atomic E-state index is -0.462. The van der Waals surface area contributed by atoms with E-state index in [1.54, 1.807) is 25.1 Å². The van der Waals surface area contributed by atoms with E-state index in [9.17, 15) is 9.59 Å². The Balaban J connectivity index is 2.16. The lowest BCUT2D eigenvalue weighted by Gasteiger charge is -2.17. The summed E-state index contributed by atoms with van der Waals surface area (Å²) in [6, 6.07) is 14.7. The van der Waals surface area contributed by atoms with Crippen molar-refractivity contribution in [2.24, 2.45) is 0 Å². The predicted octanol–water partition coefficient (Wildman–Crippen LogP) is 3.97. The van der Waals surface area contributed by atoms with Crippen molar-refractivity contribution in [2.45, 2.75) is 26.9 Å². The highest BCUT2D eigenvalue weighted by Crippen LogP contribution is 2.27. The van der Waals surface area contributed by atoms with Crippen molar-refractivity contribution in [2.75, 3.05) is 13.2 Å². The van der Waals surface area contributed by atoms with E-state index in [0.29, 0.717) is 23.7 Å². The number of carbonyl (C=O) groups is 2. The highest BCUT2D eigenvalue weighted by atomic mass is 16.6. The van der Waals surface area contributed by atoms with Gasteiger partial charge < -0.3 is 14.2 Å². The lowest BCUT2D eigenvalue weighted by Crippen LogP contribution is -2.15. The van der Waals surface area contributed by atoms with Crippen molar-refractivity contribution in [1.29, 1.82) is 0 Å². The lowest BCUT2D eigenvalue weighted by atomic mass is 10.1. The molecule has 0 aliphatic rings. The van der Waals surface area contributed by atoms with Gasteiger partial charge in [-0.25, -0.2) is 4.79 Å². The fraction of sp³-hybridized carbons (Fsp3) is 0.300. The molecule has 0 saturated carbocycles. The van der Waals surface area contributed by atoms with Crippen LogP contribution in [0.5, 0.6) is 11.5 Å². The minimum Gasteiger partial charge on any atom is -0.486 e. The molecule has 0 bridgehead atoms. The van der Waals surface area contributed by atoms with Crippen LogP contribution < -0.4 is 9.47 Å². The molecule has 25 heavy (non-hydrogen) atoms. The summed E-state index contributed by atoms with van der Waals surface area (Å²) in [7, 11) is 0. The van der Waals surface area contributed by atoms with Gasteiger partial charge in [-0.3, -0.25) is 4.79 Å². The first-order valence-electron chi connectivity index (χ1n) is 8.15. The summed E-state index contributed by atoms with van der Waals surface area (Å²) in [5.41, 5.74) is 1.47. The van der Waals surface area contributed by atoms with E-state index in [2.05, 4.69) is 0 Å². The van der Waals surface area contributed by atoms with Gasteiger partial charge in [0.05, 0.1) is 6.61 Å². The zero-order valence-corrected chi connectivity index (χ0v) is 14.7. The van der Waals surface area contributed by atoms with Gasteiger partial charge in [-0.2, -0.15) is 0 Å². The first-order chi connectivity index (χ1) is 12.0. The van der Waals surface area contributed by atoms with Crippen molar-refractivity contribution >= 4 is 11.8 Å². The number of ether oxygens (including phenoxy) is 3. The molecule has 0 amide bonds. The molecule has 1 atom stereocenters. The SMILES string of the molecule is CCOC(=O)COc1cc(O[C@H](C)c2ccccc2)cc(C(C)=O)c1. The molecule has 5 heteroatoms. The number of hydrogen-bond donors (Lipinski definition) is 0. The van der Waals surface area contributed by atoms with Crippen LogP contribution in [0.15, 0.2) is 48.5 Å². The number of carbonyl (C=O) groups excluding carboxylic acids is 2. The molecule has 0 N–H and O–H groups in total. The summed E-state index contributed by atoms with van der Waals surface area (Å²) in [4.78, 5) is 23.2. The molecular formula is C20H22O5. The molecule has 0 unspecified atom stereocenters. The van der Waals surface area contributed by atoms with Crippen LogP contribution in [-0.2, 0) is 9.53 Å². The number of ketones is 1. The molecule has 0 saturated heterocycles. The number of benzene rings is 2. The van der Waals surface area contributed by atoms with E-state index in [0.717, 1.165) is 5.56 Å². The first-order valence-corrected chi connectivity index (χ1v) is 8.15. The van der Waals surface area contributed by atoms with Gasteiger partial charge in [0, 0.05) is 11.6 Å². The maximum Gasteiger partial charge on any atom is 0.344 e. The Morgan fingerprint density at radius 1 is 1.04 bits per heavy atom. The Bertz CT molecular complexity index is 724. The van der Waals surface area contributed by atoms with Gasteiger partial charge in [-0.15, -0.1) is 0 Å². The molecule has 0 aromatic heterocycles. The van der Waals surface area contributed by atoms with Gasteiger partial charge in [-0.1, -0.05) is 30.3 Å². The van der Waals surface area contributed by atoms with Crippen LogP contribution in [0.4, 0.5) is 0 Å². The molecule has 2 aromatic rings. The number of rotatable bonds is 8. The zero-order chi connectivity index (χ0) is 18.2. The molecule has 0 fully saturated rings. The van der Waals surface area contributed by atoms with Crippen molar-refractivity contribution < 1.29 is 23.8 Å². The fourth-order valence-electron chi connectivity index (χ4n) is 2.27. The average molecular weight is 342 g/mol. The summed E-state index contributed by atoms with van der Waals surface area (Å²) in [5, 5.41) is 0. The molecule has 2 rings (SSSR count). The molecule has 0 radical (unpaired) electrons. The second-order valence-corrected chi connectivity index (χ2v) is 5.51. The van der Waals surface area contributed by atoms with Crippen molar-refractivity contribution in [3.05, 3.63) is 59.7 Å². The molecule has 0 aliphatic heterocycles. The van der Waals surface area contributed by atoms with Crippen LogP contribution >= 0.6 is 0 Å². The van der Waals surface area contributed by atoms with Gasteiger partial charge in [0.15, 0.2) is 12.4 Å². The van der Waals surface area contributed by atoms with E-state index in [-0.39, 0.29) is 18.5 Å². The Hall–Kier alpha value is -2.82. The third-order valence-corrected chi connectivity index (χ3v) is 3.53. The standard InChI is InChI=1S/C20H22O5/c1-4-23-20(22)13-24-18-10-17(14(2)21)11-19(12-18)25-15(3)16-8-6-5-7-9-16/h5-12,15H,4,13H2,1-3H3/t15-/m1/s1. The summed E-state index contributed by atoms with van der Waals surface area (Å²) in [5.74, 6) is 0.313. The summed E-state index contributed by atoms with van der Waals surface area (Å²) in [6.45, 7) is 5.19. The molecule has 0 aliphatic carbocycles. The van der Waals surface area contributed by atoms with Crippen LogP contribution in [0, 0.1) is 0 Å². The van der Waals surface area contributed by atoms with E-state index >= 15 is 0 Å². The van der Waals surface area contributed by atoms with Crippen LogP contribution in [0.1, 0.15) is 42.8 Å². The summed E-state index contributed by atoms with van der Waals surface area (Å²) in [6.07, 6.45) is -0.193. The van der Waals surface area contributed by atoms with Crippen molar-refractivity contribution in [1.82, 2.24) is 0 Å². The van der Waals surface area contributed by atoms with Gasteiger partial charge in [-0.05, 0) is 38.5 Å². The van der Waals surface area contributed by atoms with Crippen LogP contribution in [0.25, 0.3) is 0 Å². The third-order valence-electron chi connectivity index (χ3n) is 3.53. The Labute approximate surface area is 147 Å². The maximum absolute atomic E-state index is 11.7. The molecule has 0 heterocycles. The number of esters is 1. The van der Waals surface area contributed by atoms with Gasteiger partial charge in [0.2, 0.25) is 0 Å². The Morgan fingerprint density at radius 3 is 2.36 bits per heavy atom. The van der Waals surface area contributed by atoms with E-state index in [1.807, 2.05) is 37.3 Å². The van der Waals surface area contributed by atoms with E-state index in [4.69, 9.17) is 14.2 Å². The number of hydrogen-bond acceptors (Lipinski definition) is 5. The minimum absolute atomic E-state index is 0.112. The molecule has 5 nitrogen and oxygen atoms in total. The average Bonchev–Trinajstić information content (AvgIpc) is 2.60. The Morgan fingerprint density at radius 2 is 1.72 bits per heavy atom. The smallest absolute Gasteiger partial charge is 0.344 e. The lowest BCUT2D eigenvalue weighted by molar-refractivity contribution is -0.145. The Kier molecular flexibility index (Phi) is 6.57. The molecule has 2 aromatic carbocycles. The predicted molar refractivity (Wildman–Crippen MR) is 94.1 cm³/mol. The first kappa shape index (κ1) is 18.5. The maximum atomic E-state index is 11.7. The fourth-order valence-corrected chi connectivity index (χ4v) is 2.27. The molecule has 132 valence electrons. The number of Topliss-reactive ketones (excluding diaryl/α,β-unsaturated/α-hetero) is 1. The third kappa shape index (κ3) is 5.64. The largest absolute Gasteiger partial charge is 0.486 e. The van der Waals surface area contributed by atoms with Crippen molar-refractivity contribution in [3.8, 4) is 11.5 Å². The highest BCUT2D eigenvalue weighted by Gasteiger charge is 2.12. The molecule has 0 spiro atoms. The monoisotopic (exact) mass is 342 g/mol. The topological polar surface area (TPSA) is 61.8 Å². The van der Waals surface area contributed by atoms with E-state index in [1.165, 1.54) is 6.92 Å². The highest BCUT2D eigenvalue weighted by molar-refractivity contribution is 5.94. The van der Waals surface area contributed by atoms with Crippen LogP contribution in [0.2, 0.25) is 0 Å². The molecular weight excluding hydrogens is 320 g/mol. The second-order valence-electron chi connectivity index (χ2n) is 5.51.